The van der Waals surface area contributed by atoms with Gasteiger partial charge in [-0.3, -0.25) is 0 Å². The quantitative estimate of drug-likeness (QED) is 0.778. The van der Waals surface area contributed by atoms with Crippen molar-refractivity contribution in [2.45, 2.75) is 37.7 Å². The molecule has 1 aliphatic heterocycles. The van der Waals surface area contributed by atoms with Gasteiger partial charge in [-0.05, 0) is 31.4 Å². The standard InChI is InChI=1S/C15H21ClN2O/c16-12-5-3-6-13(17)14(12)18-9-8-15(19)7-2-1-4-11(15)10-18/h3,5-6,11,19H,1-2,4,7-10,17H2. The van der Waals surface area contributed by atoms with Gasteiger partial charge in [-0.15, -0.1) is 0 Å². The van der Waals surface area contributed by atoms with E-state index in [1.54, 1.807) is 0 Å². The second-order valence-electron chi connectivity index (χ2n) is 5.92. The number of nitrogens with zero attached hydrogens (tertiary/aromatic N) is 1. The number of rotatable bonds is 1. The number of para-hydroxylation sites is 1. The van der Waals surface area contributed by atoms with Crippen LogP contribution in [-0.2, 0) is 0 Å². The Bertz CT molecular complexity index is 459. The molecule has 0 spiro atoms. The predicted octanol–water partition coefficient (Wildman–Crippen LogP) is 3.05. The third-order valence-corrected chi connectivity index (χ3v) is 5.07. The highest BCUT2D eigenvalue weighted by Gasteiger charge is 2.43. The number of hydrogen-bond donors (Lipinski definition) is 2. The van der Waals surface area contributed by atoms with Crippen LogP contribution in [0.15, 0.2) is 18.2 Å². The Kier molecular flexibility index (Phi) is 3.35. The number of anilines is 2. The molecule has 1 heterocycles. The lowest BCUT2D eigenvalue weighted by Gasteiger charge is -2.48. The molecule has 1 aromatic carbocycles. The molecular formula is C15H21ClN2O. The second-order valence-corrected chi connectivity index (χ2v) is 6.33. The molecule has 4 heteroatoms. The van der Waals surface area contributed by atoms with E-state index in [0.717, 1.165) is 50.1 Å². The van der Waals surface area contributed by atoms with Crippen LogP contribution >= 0.6 is 11.6 Å². The van der Waals surface area contributed by atoms with Crippen LogP contribution in [0.5, 0.6) is 0 Å². The van der Waals surface area contributed by atoms with Gasteiger partial charge in [0.15, 0.2) is 0 Å². The molecule has 1 aromatic rings. The molecule has 2 unspecified atom stereocenters. The molecule has 0 amide bonds. The molecule has 0 bridgehead atoms. The Hall–Kier alpha value is -0.930. The molecule has 1 aliphatic carbocycles. The summed E-state index contributed by atoms with van der Waals surface area (Å²) < 4.78 is 0. The summed E-state index contributed by atoms with van der Waals surface area (Å²) >= 11 is 6.29. The van der Waals surface area contributed by atoms with E-state index < -0.39 is 5.60 Å². The van der Waals surface area contributed by atoms with Crippen molar-refractivity contribution in [2.24, 2.45) is 5.92 Å². The first-order valence-corrected chi connectivity index (χ1v) is 7.49. The molecule has 1 saturated heterocycles. The summed E-state index contributed by atoms with van der Waals surface area (Å²) in [6.45, 7) is 1.70. The normalized spacial score (nSPS) is 31.1. The minimum Gasteiger partial charge on any atom is -0.397 e. The van der Waals surface area contributed by atoms with Crippen molar-refractivity contribution in [1.82, 2.24) is 0 Å². The summed E-state index contributed by atoms with van der Waals surface area (Å²) in [5.41, 5.74) is 7.28. The van der Waals surface area contributed by atoms with Crippen molar-refractivity contribution in [3.8, 4) is 0 Å². The van der Waals surface area contributed by atoms with Crippen LogP contribution in [0.2, 0.25) is 5.02 Å². The third kappa shape index (κ3) is 2.30. The Morgan fingerprint density at radius 2 is 2.16 bits per heavy atom. The lowest BCUT2D eigenvalue weighted by Crippen LogP contribution is -2.53. The maximum Gasteiger partial charge on any atom is 0.0789 e. The number of nitrogen functional groups attached to an aromatic ring is 1. The Morgan fingerprint density at radius 3 is 2.95 bits per heavy atom. The minimum atomic E-state index is -0.454. The van der Waals surface area contributed by atoms with Crippen molar-refractivity contribution in [3.63, 3.8) is 0 Å². The maximum absolute atomic E-state index is 10.7. The van der Waals surface area contributed by atoms with Crippen molar-refractivity contribution in [3.05, 3.63) is 23.2 Å². The van der Waals surface area contributed by atoms with Gasteiger partial charge in [0.25, 0.3) is 0 Å². The first-order chi connectivity index (χ1) is 9.10. The van der Waals surface area contributed by atoms with E-state index >= 15 is 0 Å². The van der Waals surface area contributed by atoms with Crippen molar-refractivity contribution in [1.29, 1.82) is 0 Å². The van der Waals surface area contributed by atoms with Gasteiger partial charge in [0, 0.05) is 19.0 Å². The Morgan fingerprint density at radius 1 is 1.32 bits per heavy atom. The highest BCUT2D eigenvalue weighted by molar-refractivity contribution is 6.34. The zero-order valence-corrected chi connectivity index (χ0v) is 11.9. The molecule has 0 aromatic heterocycles. The average Bonchev–Trinajstić information content (AvgIpc) is 2.38. The molecule has 104 valence electrons. The van der Waals surface area contributed by atoms with Gasteiger partial charge in [0.1, 0.15) is 0 Å². The summed E-state index contributed by atoms with van der Waals surface area (Å²) in [4.78, 5) is 2.25. The van der Waals surface area contributed by atoms with Gasteiger partial charge in [0.05, 0.1) is 22.0 Å². The fraction of sp³-hybridized carbons (Fsp3) is 0.600. The topological polar surface area (TPSA) is 49.5 Å². The molecule has 19 heavy (non-hydrogen) atoms. The lowest BCUT2D eigenvalue weighted by atomic mass is 9.71. The molecular weight excluding hydrogens is 260 g/mol. The van der Waals surface area contributed by atoms with E-state index in [0.29, 0.717) is 10.9 Å². The monoisotopic (exact) mass is 280 g/mol. The van der Waals surface area contributed by atoms with Crippen LogP contribution in [0, 0.1) is 5.92 Å². The number of piperidine rings is 1. The zero-order valence-electron chi connectivity index (χ0n) is 11.1. The molecule has 3 nitrogen and oxygen atoms in total. The van der Waals surface area contributed by atoms with Crippen LogP contribution in [-0.4, -0.2) is 23.8 Å². The smallest absolute Gasteiger partial charge is 0.0789 e. The number of benzene rings is 1. The van der Waals surface area contributed by atoms with Crippen LogP contribution in [0.3, 0.4) is 0 Å². The third-order valence-electron chi connectivity index (χ3n) is 4.76. The Balaban J connectivity index is 1.85. The van der Waals surface area contributed by atoms with Crippen LogP contribution in [0.25, 0.3) is 0 Å². The first-order valence-electron chi connectivity index (χ1n) is 7.11. The van der Waals surface area contributed by atoms with E-state index in [2.05, 4.69) is 4.90 Å². The van der Waals surface area contributed by atoms with Gasteiger partial charge in [-0.1, -0.05) is 30.5 Å². The summed E-state index contributed by atoms with van der Waals surface area (Å²) in [5, 5.41) is 11.4. The van der Waals surface area contributed by atoms with E-state index in [1.165, 1.54) is 6.42 Å². The summed E-state index contributed by atoms with van der Waals surface area (Å²) in [7, 11) is 0. The minimum absolute atomic E-state index is 0.352. The Labute approximate surface area is 119 Å². The number of fused-ring (bicyclic) bond motifs is 1. The van der Waals surface area contributed by atoms with Crippen molar-refractivity contribution in [2.75, 3.05) is 23.7 Å². The number of nitrogens with two attached hydrogens (primary N) is 1. The summed E-state index contributed by atoms with van der Waals surface area (Å²) in [5.74, 6) is 0.352. The molecule has 2 atom stereocenters. The van der Waals surface area contributed by atoms with E-state index in [9.17, 15) is 5.11 Å². The highest BCUT2D eigenvalue weighted by Crippen LogP contribution is 2.43. The molecule has 3 N–H and O–H groups in total. The number of halogens is 1. The molecule has 0 radical (unpaired) electrons. The molecule has 2 aliphatic rings. The molecule has 3 rings (SSSR count). The van der Waals surface area contributed by atoms with E-state index in [4.69, 9.17) is 17.3 Å². The van der Waals surface area contributed by atoms with Crippen molar-refractivity contribution >= 4 is 23.0 Å². The second kappa shape index (κ2) is 4.88. The fourth-order valence-corrected chi connectivity index (χ4v) is 3.94. The highest BCUT2D eigenvalue weighted by atomic mass is 35.5. The molecule has 2 fully saturated rings. The number of hydrogen-bond acceptors (Lipinski definition) is 3. The first kappa shape index (κ1) is 13.1. The largest absolute Gasteiger partial charge is 0.397 e. The van der Waals surface area contributed by atoms with E-state index in [1.807, 2.05) is 18.2 Å². The lowest BCUT2D eigenvalue weighted by molar-refractivity contribution is -0.0612. The van der Waals surface area contributed by atoms with E-state index in [-0.39, 0.29) is 0 Å². The van der Waals surface area contributed by atoms with Gasteiger partial charge in [-0.2, -0.15) is 0 Å². The van der Waals surface area contributed by atoms with Crippen molar-refractivity contribution < 1.29 is 5.11 Å². The summed E-state index contributed by atoms with van der Waals surface area (Å²) in [6.07, 6.45) is 5.25. The van der Waals surface area contributed by atoms with Crippen LogP contribution in [0.1, 0.15) is 32.1 Å². The van der Waals surface area contributed by atoms with Gasteiger partial charge < -0.3 is 15.7 Å². The van der Waals surface area contributed by atoms with Gasteiger partial charge in [0.2, 0.25) is 0 Å². The average molecular weight is 281 g/mol. The van der Waals surface area contributed by atoms with Crippen LogP contribution < -0.4 is 10.6 Å². The van der Waals surface area contributed by atoms with Crippen LogP contribution in [0.4, 0.5) is 11.4 Å². The fourth-order valence-electron chi connectivity index (χ4n) is 3.64. The zero-order chi connectivity index (χ0) is 13.5. The molecule has 1 saturated carbocycles. The number of aliphatic hydroxyl groups is 1. The predicted molar refractivity (Wildman–Crippen MR) is 79.6 cm³/mol. The maximum atomic E-state index is 10.7. The van der Waals surface area contributed by atoms with Gasteiger partial charge >= 0.3 is 0 Å². The summed E-state index contributed by atoms with van der Waals surface area (Å²) in [6, 6.07) is 5.65. The van der Waals surface area contributed by atoms with Gasteiger partial charge in [-0.25, -0.2) is 0 Å². The SMILES string of the molecule is Nc1cccc(Cl)c1N1CCC2(O)CCCCC2C1.